The Kier molecular flexibility index (Phi) is 26.5. The third-order valence-corrected chi connectivity index (χ3v) is 3.88. The van der Waals surface area contributed by atoms with E-state index in [-0.39, 0.29) is 12.4 Å². The van der Waals surface area contributed by atoms with Gasteiger partial charge in [-0.3, -0.25) is 4.79 Å². The van der Waals surface area contributed by atoms with Crippen LogP contribution in [0.5, 0.6) is 0 Å². The van der Waals surface area contributed by atoms with Gasteiger partial charge in [-0.1, -0.05) is 19.8 Å². The van der Waals surface area contributed by atoms with Crippen molar-refractivity contribution in [1.82, 2.24) is 0 Å². The molecule has 0 spiro atoms. The third-order valence-electron chi connectivity index (χ3n) is 3.88. The number of carbonyl (C=O) groups excluding carboxylic acids is 1. The number of ether oxygens (including phenoxy) is 8. The standard InChI is InChI=1S/C22H44O9/c1-3-5-6-8-24-10-12-26-14-16-28-18-20-30-21-19-29-17-15-27-13-11-25-9-7-22(23)31-4-2/h3-21H2,1-2H3. The fourth-order valence-electron chi connectivity index (χ4n) is 2.26. The van der Waals surface area contributed by atoms with E-state index >= 15 is 0 Å². The van der Waals surface area contributed by atoms with Gasteiger partial charge in [-0.25, -0.2) is 0 Å². The average molecular weight is 453 g/mol. The van der Waals surface area contributed by atoms with Gasteiger partial charge in [0.15, 0.2) is 0 Å². The van der Waals surface area contributed by atoms with E-state index in [1.54, 1.807) is 6.92 Å². The lowest BCUT2D eigenvalue weighted by molar-refractivity contribution is -0.144. The number of esters is 1. The molecular weight excluding hydrogens is 408 g/mol. The Morgan fingerprint density at radius 1 is 0.484 bits per heavy atom. The van der Waals surface area contributed by atoms with Crippen LogP contribution in [-0.2, 0) is 42.7 Å². The van der Waals surface area contributed by atoms with Gasteiger partial charge in [0.05, 0.1) is 98.9 Å². The summed E-state index contributed by atoms with van der Waals surface area (Å²) < 4.78 is 42.6. The molecule has 0 bridgehead atoms. The van der Waals surface area contributed by atoms with E-state index in [4.69, 9.17) is 37.9 Å². The summed E-state index contributed by atoms with van der Waals surface area (Å²) in [6.45, 7) is 11.9. The van der Waals surface area contributed by atoms with Gasteiger partial charge in [0, 0.05) is 6.61 Å². The molecule has 0 aliphatic heterocycles. The highest BCUT2D eigenvalue weighted by Crippen LogP contribution is 1.94. The summed E-state index contributed by atoms with van der Waals surface area (Å²) in [5, 5.41) is 0. The number of carbonyl (C=O) groups is 1. The summed E-state index contributed by atoms with van der Waals surface area (Å²) in [5.41, 5.74) is 0. The quantitative estimate of drug-likeness (QED) is 0.145. The Bertz CT molecular complexity index is 356. The van der Waals surface area contributed by atoms with E-state index in [0.717, 1.165) is 13.0 Å². The van der Waals surface area contributed by atoms with Crippen LogP contribution in [0.25, 0.3) is 0 Å². The normalized spacial score (nSPS) is 11.2. The molecule has 31 heavy (non-hydrogen) atoms. The molecule has 0 atom stereocenters. The lowest BCUT2D eigenvalue weighted by atomic mass is 10.3. The summed E-state index contributed by atoms with van der Waals surface area (Å²) >= 11 is 0. The zero-order chi connectivity index (χ0) is 22.7. The second-order valence-electron chi connectivity index (χ2n) is 6.55. The van der Waals surface area contributed by atoms with Crippen LogP contribution in [-0.4, -0.2) is 105 Å². The smallest absolute Gasteiger partial charge is 0.308 e. The maximum Gasteiger partial charge on any atom is 0.308 e. The molecule has 0 radical (unpaired) electrons. The first kappa shape index (κ1) is 30.2. The van der Waals surface area contributed by atoms with Crippen LogP contribution in [0.3, 0.4) is 0 Å². The van der Waals surface area contributed by atoms with Gasteiger partial charge in [-0.2, -0.15) is 0 Å². The summed E-state index contributed by atoms with van der Waals surface area (Å²) in [6.07, 6.45) is 3.82. The van der Waals surface area contributed by atoms with E-state index in [0.29, 0.717) is 92.5 Å². The SMILES string of the molecule is CCCCCOCCOCCOCCOCCOCCOCCOCCC(=O)OCC. The van der Waals surface area contributed by atoms with Crippen molar-refractivity contribution in [1.29, 1.82) is 0 Å². The molecular formula is C22H44O9. The van der Waals surface area contributed by atoms with Crippen molar-refractivity contribution in [2.75, 3.05) is 99.1 Å². The van der Waals surface area contributed by atoms with Crippen LogP contribution in [0.4, 0.5) is 0 Å². The van der Waals surface area contributed by atoms with E-state index in [1.165, 1.54) is 12.8 Å². The number of rotatable bonds is 26. The fourth-order valence-corrected chi connectivity index (χ4v) is 2.26. The molecule has 0 saturated carbocycles. The van der Waals surface area contributed by atoms with E-state index in [9.17, 15) is 4.79 Å². The first-order chi connectivity index (χ1) is 15.3. The van der Waals surface area contributed by atoms with Gasteiger partial charge in [-0.15, -0.1) is 0 Å². The molecule has 0 rings (SSSR count). The van der Waals surface area contributed by atoms with Crippen LogP contribution in [0.15, 0.2) is 0 Å². The molecule has 0 fully saturated rings. The topological polar surface area (TPSA) is 90.9 Å². The minimum atomic E-state index is -0.242. The molecule has 0 aromatic rings. The summed E-state index contributed by atoms with van der Waals surface area (Å²) in [6, 6.07) is 0. The first-order valence-electron chi connectivity index (χ1n) is 11.5. The molecule has 186 valence electrons. The Hall–Kier alpha value is -0.810. The monoisotopic (exact) mass is 452 g/mol. The van der Waals surface area contributed by atoms with Crippen molar-refractivity contribution < 1.29 is 42.7 Å². The second-order valence-corrected chi connectivity index (χ2v) is 6.55. The minimum Gasteiger partial charge on any atom is -0.466 e. The van der Waals surface area contributed by atoms with Crippen molar-refractivity contribution in [2.45, 2.75) is 39.5 Å². The number of hydrogen-bond donors (Lipinski definition) is 0. The molecule has 0 unspecified atom stereocenters. The van der Waals surface area contributed by atoms with Crippen molar-refractivity contribution in [3.8, 4) is 0 Å². The maximum absolute atomic E-state index is 11.1. The van der Waals surface area contributed by atoms with Gasteiger partial charge in [-0.05, 0) is 13.3 Å². The second kappa shape index (κ2) is 27.2. The Morgan fingerprint density at radius 2 is 0.839 bits per heavy atom. The molecule has 0 aromatic heterocycles. The minimum absolute atomic E-state index is 0.242. The largest absolute Gasteiger partial charge is 0.466 e. The maximum atomic E-state index is 11.1. The predicted octanol–water partition coefficient (Wildman–Crippen LogP) is 2.25. The summed E-state index contributed by atoms with van der Waals surface area (Å²) in [7, 11) is 0. The predicted molar refractivity (Wildman–Crippen MR) is 117 cm³/mol. The molecule has 0 aliphatic rings. The van der Waals surface area contributed by atoms with E-state index in [1.807, 2.05) is 0 Å². The van der Waals surface area contributed by atoms with Crippen LogP contribution in [0.2, 0.25) is 0 Å². The van der Waals surface area contributed by atoms with Crippen molar-refractivity contribution in [3.63, 3.8) is 0 Å². The Balaban J connectivity index is 3.03. The number of hydrogen-bond acceptors (Lipinski definition) is 9. The zero-order valence-electron chi connectivity index (χ0n) is 19.6. The van der Waals surface area contributed by atoms with Crippen molar-refractivity contribution in [2.24, 2.45) is 0 Å². The van der Waals surface area contributed by atoms with Gasteiger partial charge >= 0.3 is 5.97 Å². The first-order valence-corrected chi connectivity index (χ1v) is 11.5. The van der Waals surface area contributed by atoms with Gasteiger partial charge in [0.25, 0.3) is 0 Å². The lowest BCUT2D eigenvalue weighted by Gasteiger charge is -2.08. The summed E-state index contributed by atoms with van der Waals surface area (Å²) in [5.74, 6) is -0.242. The average Bonchev–Trinajstić information content (AvgIpc) is 2.77. The Morgan fingerprint density at radius 3 is 1.19 bits per heavy atom. The highest BCUT2D eigenvalue weighted by atomic mass is 16.6. The van der Waals surface area contributed by atoms with Gasteiger partial charge in [0.1, 0.15) is 0 Å². The van der Waals surface area contributed by atoms with Gasteiger partial charge in [0.2, 0.25) is 0 Å². The molecule has 0 saturated heterocycles. The van der Waals surface area contributed by atoms with Crippen LogP contribution in [0.1, 0.15) is 39.5 Å². The Labute approximate surface area is 187 Å². The van der Waals surface area contributed by atoms with Crippen LogP contribution < -0.4 is 0 Å². The lowest BCUT2D eigenvalue weighted by Crippen LogP contribution is -2.15. The molecule has 0 heterocycles. The molecule has 9 nitrogen and oxygen atoms in total. The molecule has 0 N–H and O–H groups in total. The molecule has 9 heteroatoms. The van der Waals surface area contributed by atoms with Crippen LogP contribution in [0, 0.1) is 0 Å². The van der Waals surface area contributed by atoms with E-state index in [2.05, 4.69) is 6.92 Å². The van der Waals surface area contributed by atoms with E-state index < -0.39 is 0 Å². The zero-order valence-corrected chi connectivity index (χ0v) is 19.6. The highest BCUT2D eigenvalue weighted by molar-refractivity contribution is 5.69. The third kappa shape index (κ3) is 27.2. The van der Waals surface area contributed by atoms with Crippen molar-refractivity contribution >= 4 is 5.97 Å². The van der Waals surface area contributed by atoms with Gasteiger partial charge < -0.3 is 37.9 Å². The highest BCUT2D eigenvalue weighted by Gasteiger charge is 2.00. The summed E-state index contributed by atoms with van der Waals surface area (Å²) in [4.78, 5) is 11.1. The fraction of sp³-hybridized carbons (Fsp3) is 0.955. The van der Waals surface area contributed by atoms with Crippen LogP contribution >= 0.6 is 0 Å². The molecule has 0 aromatic carbocycles. The van der Waals surface area contributed by atoms with Crippen molar-refractivity contribution in [3.05, 3.63) is 0 Å². The molecule has 0 aliphatic carbocycles. The number of unbranched alkanes of at least 4 members (excludes halogenated alkanes) is 2. The molecule has 0 amide bonds.